The molecule has 0 saturated heterocycles. The van der Waals surface area contributed by atoms with Crippen LogP contribution in [0.1, 0.15) is 5.56 Å². The maximum Gasteiger partial charge on any atom is 0.123 e. The van der Waals surface area contributed by atoms with Crippen LogP contribution < -0.4 is 14.2 Å². The summed E-state index contributed by atoms with van der Waals surface area (Å²) in [5.74, 6) is 2.29. The van der Waals surface area contributed by atoms with Gasteiger partial charge in [-0.1, -0.05) is 23.8 Å². The largest absolute Gasteiger partial charge is 0.491 e. The molecule has 1 N–H and O–H groups in total. The molecule has 5 nitrogen and oxygen atoms in total. The van der Waals surface area contributed by atoms with Crippen molar-refractivity contribution in [3.05, 3.63) is 54.1 Å². The molecule has 0 aromatic heterocycles. The van der Waals surface area contributed by atoms with Gasteiger partial charge in [0.15, 0.2) is 0 Å². The second-order valence-corrected chi connectivity index (χ2v) is 5.17. The van der Waals surface area contributed by atoms with Crippen LogP contribution in [-0.2, 0) is 4.74 Å². The van der Waals surface area contributed by atoms with Crippen molar-refractivity contribution in [2.75, 3.05) is 39.6 Å². The average Bonchev–Trinajstić information content (AvgIpc) is 2.60. The first kappa shape index (κ1) is 18.1. The Labute approximate surface area is 142 Å². The van der Waals surface area contributed by atoms with Gasteiger partial charge in [-0.3, -0.25) is 0 Å². The van der Waals surface area contributed by atoms with Crippen molar-refractivity contribution in [1.29, 1.82) is 0 Å². The molecule has 2 aromatic carbocycles. The number of hydrogen-bond acceptors (Lipinski definition) is 5. The van der Waals surface area contributed by atoms with Crippen molar-refractivity contribution in [2.45, 2.75) is 6.92 Å². The summed E-state index contributed by atoms with van der Waals surface area (Å²) in [6.07, 6.45) is 0. The fraction of sp³-hybridized carbons (Fsp3) is 0.368. The predicted octanol–water partition coefficient (Wildman–Crippen LogP) is 2.84. The Morgan fingerprint density at radius 1 is 0.708 bits per heavy atom. The third-order valence-electron chi connectivity index (χ3n) is 3.18. The van der Waals surface area contributed by atoms with E-state index >= 15 is 0 Å². The molecule has 0 bridgehead atoms. The van der Waals surface area contributed by atoms with Crippen LogP contribution in [0, 0.1) is 6.92 Å². The number of rotatable bonds is 11. The molecule has 0 aliphatic rings. The molecule has 0 unspecified atom stereocenters. The second-order valence-electron chi connectivity index (χ2n) is 5.17. The van der Waals surface area contributed by atoms with Gasteiger partial charge in [-0.15, -0.1) is 0 Å². The van der Waals surface area contributed by atoms with E-state index in [1.54, 1.807) is 0 Å². The summed E-state index contributed by atoms with van der Waals surface area (Å²) in [7, 11) is 0. The van der Waals surface area contributed by atoms with Gasteiger partial charge in [-0.25, -0.2) is 0 Å². The Balaban J connectivity index is 1.67. The molecule has 0 saturated carbocycles. The van der Waals surface area contributed by atoms with Crippen LogP contribution in [0.4, 0.5) is 0 Å². The lowest BCUT2D eigenvalue weighted by Crippen LogP contribution is -2.10. The molecule has 0 atom stereocenters. The van der Waals surface area contributed by atoms with E-state index in [1.165, 1.54) is 5.56 Å². The van der Waals surface area contributed by atoms with Crippen molar-refractivity contribution in [3.63, 3.8) is 0 Å². The van der Waals surface area contributed by atoms with Crippen LogP contribution in [0.2, 0.25) is 0 Å². The lowest BCUT2D eigenvalue weighted by molar-refractivity contribution is 0.0704. The molecule has 0 radical (unpaired) electrons. The van der Waals surface area contributed by atoms with Crippen LogP contribution in [-0.4, -0.2) is 44.7 Å². The van der Waals surface area contributed by atoms with E-state index in [1.807, 2.05) is 55.5 Å². The SMILES string of the molecule is Cc1ccc(OCCOc2cccc(OCCOCCO)c2)cc1. The monoisotopic (exact) mass is 332 g/mol. The Morgan fingerprint density at radius 3 is 1.92 bits per heavy atom. The van der Waals surface area contributed by atoms with Gasteiger partial charge in [0.05, 0.1) is 19.8 Å². The lowest BCUT2D eigenvalue weighted by Gasteiger charge is -2.10. The summed E-state index contributed by atoms with van der Waals surface area (Å²) in [5, 5.41) is 8.61. The first-order valence-electron chi connectivity index (χ1n) is 8.01. The fourth-order valence-electron chi connectivity index (χ4n) is 1.99. The highest BCUT2D eigenvalue weighted by Crippen LogP contribution is 2.19. The standard InChI is InChI=1S/C19H24O5/c1-16-5-7-17(8-6-16)22-13-14-24-19-4-2-3-18(15-19)23-12-11-21-10-9-20/h2-8,15,20H,9-14H2,1H3. The van der Waals surface area contributed by atoms with Crippen LogP contribution in [0.15, 0.2) is 48.5 Å². The third-order valence-corrected chi connectivity index (χ3v) is 3.18. The number of aliphatic hydroxyl groups is 1. The van der Waals surface area contributed by atoms with E-state index in [4.69, 9.17) is 24.1 Å². The number of aliphatic hydroxyl groups excluding tert-OH is 1. The van der Waals surface area contributed by atoms with Gasteiger partial charge < -0.3 is 24.1 Å². The van der Waals surface area contributed by atoms with Crippen molar-refractivity contribution in [3.8, 4) is 17.2 Å². The van der Waals surface area contributed by atoms with E-state index < -0.39 is 0 Å². The van der Waals surface area contributed by atoms with Gasteiger partial charge in [0.1, 0.15) is 37.1 Å². The molecule has 0 heterocycles. The van der Waals surface area contributed by atoms with Crippen LogP contribution in [0.25, 0.3) is 0 Å². The first-order chi connectivity index (χ1) is 11.8. The highest BCUT2D eigenvalue weighted by molar-refractivity contribution is 5.33. The Hall–Kier alpha value is -2.24. The molecule has 24 heavy (non-hydrogen) atoms. The highest BCUT2D eigenvalue weighted by atomic mass is 16.5. The zero-order valence-corrected chi connectivity index (χ0v) is 13.9. The molecule has 0 amide bonds. The Morgan fingerprint density at radius 2 is 1.29 bits per heavy atom. The van der Waals surface area contributed by atoms with Gasteiger partial charge in [-0.05, 0) is 31.2 Å². The summed E-state index contributed by atoms with van der Waals surface area (Å²) in [5.41, 5.74) is 1.21. The zero-order valence-electron chi connectivity index (χ0n) is 13.9. The topological polar surface area (TPSA) is 57.2 Å². The van der Waals surface area contributed by atoms with Crippen LogP contribution in [0.5, 0.6) is 17.2 Å². The summed E-state index contributed by atoms with van der Waals surface area (Å²) in [6.45, 7) is 4.19. The maximum absolute atomic E-state index is 8.61. The second kappa shape index (κ2) is 10.5. The van der Waals surface area contributed by atoms with Crippen LogP contribution in [0.3, 0.4) is 0 Å². The average molecular weight is 332 g/mol. The summed E-state index contributed by atoms with van der Waals surface area (Å²) in [4.78, 5) is 0. The Bertz CT molecular complexity index is 583. The van der Waals surface area contributed by atoms with E-state index in [0.717, 1.165) is 17.2 Å². The number of aryl methyl sites for hydroxylation is 1. The molecule has 0 spiro atoms. The highest BCUT2D eigenvalue weighted by Gasteiger charge is 1.99. The predicted molar refractivity (Wildman–Crippen MR) is 92.0 cm³/mol. The van der Waals surface area contributed by atoms with Crippen molar-refractivity contribution in [1.82, 2.24) is 0 Å². The molecular weight excluding hydrogens is 308 g/mol. The minimum atomic E-state index is 0.0218. The first-order valence-corrected chi connectivity index (χ1v) is 8.01. The van der Waals surface area contributed by atoms with Gasteiger partial charge in [0.25, 0.3) is 0 Å². The number of hydrogen-bond donors (Lipinski definition) is 1. The molecular formula is C19H24O5. The van der Waals surface area contributed by atoms with Gasteiger partial charge in [-0.2, -0.15) is 0 Å². The van der Waals surface area contributed by atoms with Crippen molar-refractivity contribution >= 4 is 0 Å². The molecule has 5 heteroatoms. The summed E-state index contributed by atoms with van der Waals surface area (Å²) in [6, 6.07) is 15.4. The number of benzene rings is 2. The maximum atomic E-state index is 8.61. The smallest absolute Gasteiger partial charge is 0.123 e. The van der Waals surface area contributed by atoms with Gasteiger partial charge in [0, 0.05) is 6.07 Å². The molecule has 0 fully saturated rings. The quantitative estimate of drug-likeness (QED) is 0.641. The van der Waals surface area contributed by atoms with Crippen molar-refractivity contribution < 1.29 is 24.1 Å². The molecule has 2 rings (SSSR count). The molecule has 130 valence electrons. The minimum absolute atomic E-state index is 0.0218. The normalized spacial score (nSPS) is 10.4. The van der Waals surface area contributed by atoms with E-state index in [-0.39, 0.29) is 6.61 Å². The minimum Gasteiger partial charge on any atom is -0.491 e. The molecule has 0 aliphatic carbocycles. The van der Waals surface area contributed by atoms with E-state index in [9.17, 15) is 0 Å². The summed E-state index contributed by atoms with van der Waals surface area (Å²) < 4.78 is 22.0. The molecule has 2 aromatic rings. The van der Waals surface area contributed by atoms with Crippen molar-refractivity contribution in [2.24, 2.45) is 0 Å². The molecule has 0 aliphatic heterocycles. The van der Waals surface area contributed by atoms with Crippen LogP contribution >= 0.6 is 0 Å². The number of ether oxygens (including phenoxy) is 4. The van der Waals surface area contributed by atoms with E-state index in [2.05, 4.69) is 0 Å². The Kier molecular flexibility index (Phi) is 7.93. The lowest BCUT2D eigenvalue weighted by atomic mass is 10.2. The van der Waals surface area contributed by atoms with Gasteiger partial charge in [0.2, 0.25) is 0 Å². The van der Waals surface area contributed by atoms with Gasteiger partial charge >= 0.3 is 0 Å². The van der Waals surface area contributed by atoms with E-state index in [0.29, 0.717) is 33.0 Å². The fourth-order valence-corrected chi connectivity index (χ4v) is 1.99. The third kappa shape index (κ3) is 6.89. The zero-order chi connectivity index (χ0) is 17.0. The summed E-state index contributed by atoms with van der Waals surface area (Å²) >= 11 is 0.